The Kier molecular flexibility index (Phi) is 11.2. The fraction of sp³-hybridized carbons (Fsp3) is 0.545. The minimum absolute atomic E-state index is 0.165. The summed E-state index contributed by atoms with van der Waals surface area (Å²) in [6, 6.07) is 6.57. The number of nitrogens with zero attached hydrogens (tertiary/aromatic N) is 8. The number of methoxy groups -OCH3 is 1. The van der Waals surface area contributed by atoms with Crippen LogP contribution < -0.4 is 14.8 Å². The quantitative estimate of drug-likeness (QED) is 0.189. The summed E-state index contributed by atoms with van der Waals surface area (Å²) >= 11 is 6.47. The van der Waals surface area contributed by atoms with E-state index in [9.17, 15) is 0 Å². The smallest absolute Gasteiger partial charge is 0.256 e. The molecule has 1 saturated carbocycles. The van der Waals surface area contributed by atoms with Crippen LogP contribution in [0.3, 0.4) is 0 Å². The molecule has 47 heavy (non-hydrogen) atoms. The van der Waals surface area contributed by atoms with E-state index in [-0.39, 0.29) is 12.0 Å². The largest absolute Gasteiger partial charge is 0.487 e. The standard InChI is InChI=1S/C33H44ClN9O4/c1-23(19-44-3)20-46-32-30(18-43(40-32)28-7-5-27(6-8-28)41-10-12-45-13-11-41)39-33-36-15-26(16-37-33)25-4-9-29(34)31(14-25)47-24(2)17-42-22-35-21-38-42/h4,9,14-16,18,21-24,27-28H,5-8,10-13,17,19-20H2,1-3H3,(H,36,37,39)/t23?,24-,27-,28-/m0/s1. The molecular formula is C33H44ClN9O4. The molecule has 252 valence electrons. The first-order valence-corrected chi connectivity index (χ1v) is 16.7. The van der Waals surface area contributed by atoms with Crippen LogP contribution in [-0.2, 0) is 16.0 Å². The van der Waals surface area contributed by atoms with Crippen molar-refractivity contribution in [2.24, 2.45) is 5.92 Å². The lowest BCUT2D eigenvalue weighted by Crippen LogP contribution is -2.45. The maximum Gasteiger partial charge on any atom is 0.256 e. The zero-order valence-corrected chi connectivity index (χ0v) is 28.1. The van der Waals surface area contributed by atoms with E-state index in [0.717, 1.165) is 68.8 Å². The molecule has 1 saturated heterocycles. The maximum absolute atomic E-state index is 6.47. The maximum atomic E-state index is 6.47. The van der Waals surface area contributed by atoms with Crippen molar-refractivity contribution in [3.8, 4) is 22.8 Å². The molecule has 1 aromatic carbocycles. The van der Waals surface area contributed by atoms with E-state index in [2.05, 4.69) is 41.9 Å². The van der Waals surface area contributed by atoms with Gasteiger partial charge in [0.2, 0.25) is 5.95 Å². The van der Waals surface area contributed by atoms with Gasteiger partial charge >= 0.3 is 0 Å². The van der Waals surface area contributed by atoms with Gasteiger partial charge in [0.15, 0.2) is 0 Å². The third-order valence-electron chi connectivity index (χ3n) is 8.66. The van der Waals surface area contributed by atoms with Crippen molar-refractivity contribution >= 4 is 23.2 Å². The Morgan fingerprint density at radius 2 is 1.79 bits per heavy atom. The van der Waals surface area contributed by atoms with Gasteiger partial charge in [-0.05, 0) is 50.3 Å². The van der Waals surface area contributed by atoms with Crippen molar-refractivity contribution < 1.29 is 18.9 Å². The molecule has 1 aliphatic heterocycles. The summed E-state index contributed by atoms with van der Waals surface area (Å²) in [4.78, 5) is 15.8. The second-order valence-electron chi connectivity index (χ2n) is 12.4. The molecule has 4 aromatic rings. The Morgan fingerprint density at radius 1 is 1.02 bits per heavy atom. The Morgan fingerprint density at radius 3 is 2.51 bits per heavy atom. The van der Waals surface area contributed by atoms with Crippen molar-refractivity contribution in [2.45, 2.75) is 64.3 Å². The summed E-state index contributed by atoms with van der Waals surface area (Å²) in [7, 11) is 1.70. The average Bonchev–Trinajstić information content (AvgIpc) is 3.76. The fourth-order valence-corrected chi connectivity index (χ4v) is 6.38. The summed E-state index contributed by atoms with van der Waals surface area (Å²) < 4.78 is 27.0. The van der Waals surface area contributed by atoms with Crippen LogP contribution in [0.2, 0.25) is 5.02 Å². The van der Waals surface area contributed by atoms with E-state index in [0.29, 0.717) is 54.4 Å². The number of hydrogen-bond acceptors (Lipinski definition) is 11. The summed E-state index contributed by atoms with van der Waals surface area (Å²) in [6.07, 6.45) is 13.0. The molecule has 1 aliphatic carbocycles. The van der Waals surface area contributed by atoms with Crippen molar-refractivity contribution in [2.75, 3.05) is 51.9 Å². The molecule has 13 nitrogen and oxygen atoms in total. The van der Waals surface area contributed by atoms with Crippen LogP contribution in [-0.4, -0.2) is 98.2 Å². The Labute approximate surface area is 280 Å². The average molecular weight is 666 g/mol. The lowest BCUT2D eigenvalue weighted by Gasteiger charge is -2.38. The van der Waals surface area contributed by atoms with Gasteiger partial charge in [0.1, 0.15) is 30.2 Å². The lowest BCUT2D eigenvalue weighted by atomic mass is 9.90. The summed E-state index contributed by atoms with van der Waals surface area (Å²) in [5.41, 5.74) is 2.46. The van der Waals surface area contributed by atoms with Gasteiger partial charge < -0.3 is 24.3 Å². The topological polar surface area (TPSA) is 127 Å². The van der Waals surface area contributed by atoms with Crippen molar-refractivity contribution in [1.82, 2.24) is 39.4 Å². The summed E-state index contributed by atoms with van der Waals surface area (Å²) in [5, 5.41) is 12.9. The normalized spacial score (nSPS) is 20.1. The molecule has 0 bridgehead atoms. The zero-order chi connectivity index (χ0) is 32.6. The minimum atomic E-state index is -0.165. The molecule has 2 aliphatic rings. The van der Waals surface area contributed by atoms with Gasteiger partial charge in [0, 0.05) is 50.1 Å². The van der Waals surface area contributed by atoms with E-state index in [4.69, 9.17) is 35.6 Å². The zero-order valence-electron chi connectivity index (χ0n) is 27.3. The number of halogens is 1. The first kappa shape index (κ1) is 33.1. The fourth-order valence-electron chi connectivity index (χ4n) is 6.22. The van der Waals surface area contributed by atoms with Crippen LogP contribution in [0.4, 0.5) is 11.6 Å². The van der Waals surface area contributed by atoms with Crippen LogP contribution in [0.1, 0.15) is 45.6 Å². The van der Waals surface area contributed by atoms with Crippen molar-refractivity contribution in [1.29, 1.82) is 0 Å². The van der Waals surface area contributed by atoms with Crippen molar-refractivity contribution in [3.63, 3.8) is 0 Å². The van der Waals surface area contributed by atoms with Crippen LogP contribution >= 0.6 is 11.6 Å². The van der Waals surface area contributed by atoms with E-state index < -0.39 is 0 Å². The van der Waals surface area contributed by atoms with Crippen LogP contribution in [0.5, 0.6) is 11.6 Å². The molecular weight excluding hydrogens is 622 g/mol. The van der Waals surface area contributed by atoms with Gasteiger partial charge in [-0.3, -0.25) is 9.58 Å². The predicted molar refractivity (Wildman–Crippen MR) is 178 cm³/mol. The van der Waals surface area contributed by atoms with Crippen LogP contribution in [0.15, 0.2) is 49.4 Å². The lowest BCUT2D eigenvalue weighted by molar-refractivity contribution is 0.00502. The molecule has 2 atom stereocenters. The van der Waals surface area contributed by atoms with Gasteiger partial charge in [0.25, 0.3) is 5.88 Å². The number of morpholine rings is 1. The highest BCUT2D eigenvalue weighted by Crippen LogP contribution is 2.35. The highest BCUT2D eigenvalue weighted by molar-refractivity contribution is 6.32. The summed E-state index contributed by atoms with van der Waals surface area (Å²) in [5.74, 6) is 1.78. The van der Waals surface area contributed by atoms with E-state index in [1.165, 1.54) is 6.33 Å². The third kappa shape index (κ3) is 8.78. The molecule has 0 radical (unpaired) electrons. The van der Waals surface area contributed by atoms with Gasteiger partial charge in [-0.1, -0.05) is 24.6 Å². The molecule has 0 amide bonds. The number of aromatic nitrogens is 7. The number of hydrogen-bond donors (Lipinski definition) is 1. The Hall–Kier alpha value is -3.78. The van der Waals surface area contributed by atoms with Gasteiger partial charge in [-0.15, -0.1) is 5.10 Å². The molecule has 3 aromatic heterocycles. The number of ether oxygens (including phenoxy) is 4. The predicted octanol–water partition coefficient (Wildman–Crippen LogP) is 5.27. The molecule has 0 spiro atoms. The molecule has 1 N–H and O–H groups in total. The van der Waals surface area contributed by atoms with E-state index in [1.54, 1.807) is 30.5 Å². The monoisotopic (exact) mass is 665 g/mol. The number of rotatable bonds is 14. The first-order chi connectivity index (χ1) is 22.9. The highest BCUT2D eigenvalue weighted by atomic mass is 35.5. The van der Waals surface area contributed by atoms with Gasteiger partial charge in [-0.2, -0.15) is 5.10 Å². The van der Waals surface area contributed by atoms with Gasteiger partial charge in [0.05, 0.1) is 50.2 Å². The molecule has 1 unspecified atom stereocenters. The van der Waals surface area contributed by atoms with Crippen molar-refractivity contribution in [3.05, 3.63) is 54.5 Å². The van der Waals surface area contributed by atoms with Crippen LogP contribution in [0.25, 0.3) is 11.1 Å². The second-order valence-corrected chi connectivity index (χ2v) is 12.8. The van der Waals surface area contributed by atoms with Crippen LogP contribution in [0, 0.1) is 5.92 Å². The SMILES string of the molecule is COCC(C)COc1nn([C@H]2CC[C@H](N3CCOCC3)CC2)cc1Nc1ncc(-c2ccc(Cl)c(O[C@@H](C)Cn3cncn3)c2)cn1. The number of nitrogens with one attached hydrogen (secondary N) is 1. The molecule has 14 heteroatoms. The summed E-state index contributed by atoms with van der Waals surface area (Å²) in [6.45, 7) is 9.42. The molecule has 2 fully saturated rings. The van der Waals surface area contributed by atoms with Gasteiger partial charge in [-0.25, -0.2) is 19.6 Å². The van der Waals surface area contributed by atoms with E-state index in [1.807, 2.05) is 31.3 Å². The number of benzene rings is 1. The molecule has 6 rings (SSSR count). The third-order valence-corrected chi connectivity index (χ3v) is 8.97. The Balaban J connectivity index is 1.13. The molecule has 4 heterocycles. The first-order valence-electron chi connectivity index (χ1n) is 16.4. The number of anilines is 2. The van der Waals surface area contributed by atoms with E-state index >= 15 is 0 Å². The highest BCUT2D eigenvalue weighted by Gasteiger charge is 2.29. The minimum Gasteiger partial charge on any atom is -0.487 e. The Bertz CT molecular complexity index is 1540. The second kappa shape index (κ2) is 15.9.